The van der Waals surface area contributed by atoms with Crippen molar-refractivity contribution >= 4 is 11.6 Å². The molecule has 1 fully saturated rings. The van der Waals surface area contributed by atoms with Gasteiger partial charge in [0.15, 0.2) is 0 Å². The van der Waals surface area contributed by atoms with Crippen LogP contribution in [0.4, 0.5) is 0 Å². The van der Waals surface area contributed by atoms with E-state index in [0.717, 1.165) is 30.5 Å². The summed E-state index contributed by atoms with van der Waals surface area (Å²) >= 11 is 6.01. The third kappa shape index (κ3) is 3.95. The van der Waals surface area contributed by atoms with Crippen molar-refractivity contribution < 1.29 is 5.11 Å². The van der Waals surface area contributed by atoms with Crippen molar-refractivity contribution in [3.63, 3.8) is 0 Å². The fourth-order valence-corrected chi connectivity index (χ4v) is 3.59. The van der Waals surface area contributed by atoms with Crippen molar-refractivity contribution in [3.05, 3.63) is 70.7 Å². The molecule has 1 heterocycles. The van der Waals surface area contributed by atoms with Crippen LogP contribution in [0.5, 0.6) is 0 Å². The van der Waals surface area contributed by atoms with Gasteiger partial charge >= 0.3 is 0 Å². The third-order valence-electron chi connectivity index (χ3n) is 4.78. The van der Waals surface area contributed by atoms with E-state index in [1.54, 1.807) is 0 Å². The topological polar surface area (TPSA) is 23.5 Å². The number of rotatable bonds is 6. The molecule has 23 heavy (non-hydrogen) atoms. The molecule has 1 aliphatic rings. The average Bonchev–Trinajstić information content (AvgIpc) is 3.09. The van der Waals surface area contributed by atoms with E-state index in [-0.39, 0.29) is 0 Å². The molecule has 1 saturated heterocycles. The molecule has 0 aliphatic carbocycles. The minimum absolute atomic E-state index is 0.696. The van der Waals surface area contributed by atoms with E-state index in [2.05, 4.69) is 4.90 Å². The van der Waals surface area contributed by atoms with E-state index >= 15 is 0 Å². The first-order valence-corrected chi connectivity index (χ1v) is 8.82. The minimum Gasteiger partial charge on any atom is -0.380 e. The highest BCUT2D eigenvalue weighted by Gasteiger charge is 2.31. The van der Waals surface area contributed by atoms with Gasteiger partial charge in [0.1, 0.15) is 5.60 Å². The van der Waals surface area contributed by atoms with Crippen LogP contribution in [0.25, 0.3) is 0 Å². The Hall–Kier alpha value is -1.35. The van der Waals surface area contributed by atoms with Crippen LogP contribution in [-0.2, 0) is 5.60 Å². The summed E-state index contributed by atoms with van der Waals surface area (Å²) < 4.78 is 0. The van der Waals surface area contributed by atoms with Gasteiger partial charge in [-0.1, -0.05) is 54.1 Å². The van der Waals surface area contributed by atoms with Crippen LogP contribution in [0.1, 0.15) is 36.8 Å². The number of halogens is 1. The molecule has 3 heteroatoms. The second-order valence-electron chi connectivity index (χ2n) is 6.39. The Kier molecular flexibility index (Phi) is 5.37. The van der Waals surface area contributed by atoms with Crippen LogP contribution in [0, 0.1) is 0 Å². The fraction of sp³-hybridized carbons (Fsp3) is 0.400. The van der Waals surface area contributed by atoms with Crippen LogP contribution in [-0.4, -0.2) is 29.6 Å². The molecule has 3 rings (SSSR count). The monoisotopic (exact) mass is 329 g/mol. The number of hydrogen-bond acceptors (Lipinski definition) is 2. The minimum atomic E-state index is -0.953. The highest BCUT2D eigenvalue weighted by molar-refractivity contribution is 6.30. The van der Waals surface area contributed by atoms with Gasteiger partial charge in [-0.05, 0) is 68.6 Å². The van der Waals surface area contributed by atoms with E-state index in [4.69, 9.17) is 11.6 Å². The maximum Gasteiger partial charge on any atom is 0.115 e. The van der Waals surface area contributed by atoms with E-state index in [9.17, 15) is 5.11 Å². The number of benzene rings is 2. The van der Waals surface area contributed by atoms with Gasteiger partial charge in [0, 0.05) is 5.02 Å². The molecule has 1 aliphatic heterocycles. The molecule has 0 amide bonds. The zero-order valence-corrected chi connectivity index (χ0v) is 14.2. The summed E-state index contributed by atoms with van der Waals surface area (Å²) in [5.41, 5.74) is 0.907. The standard InChI is InChI=1S/C20H24ClNO/c21-19-11-9-18(10-12-19)20(23,17-7-2-1-3-8-17)13-6-16-22-14-4-5-15-22/h1-3,7-12,23H,4-6,13-16H2. The molecular formula is C20H24ClNO. The lowest BCUT2D eigenvalue weighted by Crippen LogP contribution is -2.29. The molecule has 0 spiro atoms. The third-order valence-corrected chi connectivity index (χ3v) is 5.04. The molecule has 1 unspecified atom stereocenters. The Bertz CT molecular complexity index is 607. The Balaban J connectivity index is 1.79. The predicted molar refractivity (Wildman–Crippen MR) is 95.8 cm³/mol. The first-order chi connectivity index (χ1) is 11.2. The van der Waals surface area contributed by atoms with E-state index in [1.165, 1.54) is 25.9 Å². The second kappa shape index (κ2) is 7.48. The first-order valence-electron chi connectivity index (χ1n) is 8.45. The normalized spacial score (nSPS) is 18.0. The summed E-state index contributed by atoms with van der Waals surface area (Å²) in [7, 11) is 0. The van der Waals surface area contributed by atoms with Crippen molar-refractivity contribution in [1.82, 2.24) is 4.90 Å². The summed E-state index contributed by atoms with van der Waals surface area (Å²) in [5, 5.41) is 12.2. The van der Waals surface area contributed by atoms with E-state index in [0.29, 0.717) is 5.02 Å². The average molecular weight is 330 g/mol. The maximum atomic E-state index is 11.5. The van der Waals surface area contributed by atoms with Gasteiger partial charge in [0.05, 0.1) is 0 Å². The van der Waals surface area contributed by atoms with Crippen molar-refractivity contribution in [2.24, 2.45) is 0 Å². The Morgan fingerprint density at radius 3 is 2.17 bits per heavy atom. The molecule has 0 saturated carbocycles. The summed E-state index contributed by atoms with van der Waals surface area (Å²) in [6.07, 6.45) is 4.31. The van der Waals surface area contributed by atoms with Crippen molar-refractivity contribution in [2.75, 3.05) is 19.6 Å². The largest absolute Gasteiger partial charge is 0.380 e. The molecule has 0 bridgehead atoms. The second-order valence-corrected chi connectivity index (χ2v) is 6.82. The molecule has 122 valence electrons. The zero-order valence-electron chi connectivity index (χ0n) is 13.4. The molecule has 0 radical (unpaired) electrons. The molecule has 2 aromatic carbocycles. The number of hydrogen-bond donors (Lipinski definition) is 1. The molecular weight excluding hydrogens is 306 g/mol. The Morgan fingerprint density at radius 1 is 0.913 bits per heavy atom. The van der Waals surface area contributed by atoms with Gasteiger partial charge in [-0.3, -0.25) is 0 Å². The molecule has 2 aromatic rings. The lowest BCUT2D eigenvalue weighted by Gasteiger charge is -2.30. The predicted octanol–water partition coefficient (Wildman–Crippen LogP) is 4.45. The van der Waals surface area contributed by atoms with E-state index < -0.39 is 5.60 Å². The molecule has 0 aromatic heterocycles. The molecule has 1 N–H and O–H groups in total. The highest BCUT2D eigenvalue weighted by atomic mass is 35.5. The van der Waals surface area contributed by atoms with Gasteiger partial charge in [0.2, 0.25) is 0 Å². The maximum absolute atomic E-state index is 11.5. The summed E-state index contributed by atoms with van der Waals surface area (Å²) in [6.45, 7) is 3.46. The fourth-order valence-electron chi connectivity index (χ4n) is 3.46. The highest BCUT2D eigenvalue weighted by Crippen LogP contribution is 2.34. The van der Waals surface area contributed by atoms with Crippen LogP contribution in [0.2, 0.25) is 5.02 Å². The SMILES string of the molecule is OC(CCCN1CCCC1)(c1ccccc1)c1ccc(Cl)cc1. The van der Waals surface area contributed by atoms with Crippen molar-refractivity contribution in [2.45, 2.75) is 31.3 Å². The van der Waals surface area contributed by atoms with Crippen LogP contribution >= 0.6 is 11.6 Å². The van der Waals surface area contributed by atoms with Crippen LogP contribution < -0.4 is 0 Å². The Labute approximate surface area is 143 Å². The van der Waals surface area contributed by atoms with Crippen LogP contribution in [0.15, 0.2) is 54.6 Å². The van der Waals surface area contributed by atoms with Gasteiger partial charge in [-0.15, -0.1) is 0 Å². The van der Waals surface area contributed by atoms with E-state index in [1.807, 2.05) is 54.6 Å². The van der Waals surface area contributed by atoms with Crippen LogP contribution in [0.3, 0.4) is 0 Å². The van der Waals surface area contributed by atoms with Gasteiger partial charge in [-0.2, -0.15) is 0 Å². The quantitative estimate of drug-likeness (QED) is 0.846. The Morgan fingerprint density at radius 2 is 1.52 bits per heavy atom. The van der Waals surface area contributed by atoms with Gasteiger partial charge < -0.3 is 10.0 Å². The number of aliphatic hydroxyl groups is 1. The van der Waals surface area contributed by atoms with Gasteiger partial charge in [-0.25, -0.2) is 0 Å². The van der Waals surface area contributed by atoms with Crippen molar-refractivity contribution in [3.8, 4) is 0 Å². The summed E-state index contributed by atoms with van der Waals surface area (Å²) in [4.78, 5) is 2.49. The first kappa shape index (κ1) is 16.5. The lowest BCUT2D eigenvalue weighted by atomic mass is 9.82. The van der Waals surface area contributed by atoms with Gasteiger partial charge in [0.25, 0.3) is 0 Å². The lowest BCUT2D eigenvalue weighted by molar-refractivity contribution is 0.0657. The molecule has 2 nitrogen and oxygen atoms in total. The van der Waals surface area contributed by atoms with Crippen molar-refractivity contribution in [1.29, 1.82) is 0 Å². The zero-order chi connectivity index (χ0) is 16.1. The summed E-state index contributed by atoms with van der Waals surface area (Å²) in [5.74, 6) is 0. The summed E-state index contributed by atoms with van der Waals surface area (Å²) in [6, 6.07) is 17.5. The smallest absolute Gasteiger partial charge is 0.115 e. The number of nitrogens with zero attached hydrogens (tertiary/aromatic N) is 1. The molecule has 1 atom stereocenters. The number of likely N-dealkylation sites (tertiary alicyclic amines) is 1.